The predicted molar refractivity (Wildman–Crippen MR) is 79.6 cm³/mol. The SMILES string of the molecule is CC.Cc1cnn2c1CN(C(=O)OC(C)(C)C)[C@@H](C)C2. The van der Waals surface area contributed by atoms with Crippen molar-refractivity contribution in [3.05, 3.63) is 17.5 Å². The normalized spacial score (nSPS) is 17.9. The smallest absolute Gasteiger partial charge is 0.410 e. The number of fused-ring (bicyclic) bond motifs is 1. The predicted octanol–water partition coefficient (Wildman–Crippen LogP) is 3.36. The number of aromatic nitrogens is 2. The van der Waals surface area contributed by atoms with Crippen LogP contribution in [0, 0.1) is 6.92 Å². The zero-order chi connectivity index (χ0) is 15.5. The van der Waals surface area contributed by atoms with E-state index in [1.165, 1.54) is 0 Å². The lowest BCUT2D eigenvalue weighted by Crippen LogP contribution is -2.47. The van der Waals surface area contributed by atoms with Crippen molar-refractivity contribution in [2.75, 3.05) is 0 Å². The summed E-state index contributed by atoms with van der Waals surface area (Å²) in [6.45, 7) is 15.0. The van der Waals surface area contributed by atoms with Crippen LogP contribution in [0.15, 0.2) is 6.20 Å². The molecule has 0 radical (unpaired) electrons. The second-order valence-electron chi connectivity index (χ2n) is 5.91. The molecule has 0 saturated carbocycles. The molecule has 1 aliphatic rings. The Morgan fingerprint density at radius 2 is 2.00 bits per heavy atom. The van der Waals surface area contributed by atoms with Crippen molar-refractivity contribution in [3.8, 4) is 0 Å². The van der Waals surface area contributed by atoms with Gasteiger partial charge in [-0.2, -0.15) is 5.10 Å². The molecule has 0 unspecified atom stereocenters. The van der Waals surface area contributed by atoms with Crippen molar-refractivity contribution in [1.29, 1.82) is 0 Å². The lowest BCUT2D eigenvalue weighted by molar-refractivity contribution is 0.00901. The van der Waals surface area contributed by atoms with Gasteiger partial charge in [-0.3, -0.25) is 9.58 Å². The average molecular weight is 281 g/mol. The molecule has 5 heteroatoms. The van der Waals surface area contributed by atoms with Crippen LogP contribution in [0.5, 0.6) is 0 Å². The summed E-state index contributed by atoms with van der Waals surface area (Å²) in [6, 6.07) is 0.103. The van der Waals surface area contributed by atoms with Crippen molar-refractivity contribution >= 4 is 6.09 Å². The molecule has 0 N–H and O–H groups in total. The molecule has 114 valence electrons. The Bertz CT molecular complexity index is 460. The molecule has 1 amide bonds. The van der Waals surface area contributed by atoms with Crippen LogP contribution >= 0.6 is 0 Å². The van der Waals surface area contributed by atoms with Crippen LogP contribution in [-0.2, 0) is 17.8 Å². The number of hydrogen-bond donors (Lipinski definition) is 0. The van der Waals surface area contributed by atoms with Crippen LogP contribution in [0.2, 0.25) is 0 Å². The molecular formula is C15H27N3O2. The van der Waals surface area contributed by atoms with Crippen molar-refractivity contribution in [2.24, 2.45) is 0 Å². The largest absolute Gasteiger partial charge is 0.444 e. The van der Waals surface area contributed by atoms with E-state index >= 15 is 0 Å². The summed E-state index contributed by atoms with van der Waals surface area (Å²) in [4.78, 5) is 13.9. The van der Waals surface area contributed by atoms with E-state index in [0.29, 0.717) is 6.54 Å². The highest BCUT2D eigenvalue weighted by molar-refractivity contribution is 5.68. The number of aryl methyl sites for hydroxylation is 1. The first-order valence-corrected chi connectivity index (χ1v) is 7.29. The minimum Gasteiger partial charge on any atom is -0.444 e. The molecule has 0 aromatic carbocycles. The van der Waals surface area contributed by atoms with Crippen molar-refractivity contribution in [3.63, 3.8) is 0 Å². The molecule has 1 aliphatic heterocycles. The van der Waals surface area contributed by atoms with Crippen LogP contribution in [0.1, 0.15) is 52.8 Å². The van der Waals surface area contributed by atoms with Gasteiger partial charge in [-0.05, 0) is 40.2 Å². The van der Waals surface area contributed by atoms with E-state index in [9.17, 15) is 4.79 Å². The van der Waals surface area contributed by atoms with Gasteiger partial charge in [0.2, 0.25) is 0 Å². The molecule has 0 saturated heterocycles. The summed E-state index contributed by atoms with van der Waals surface area (Å²) in [7, 11) is 0. The van der Waals surface area contributed by atoms with E-state index < -0.39 is 5.60 Å². The molecule has 5 nitrogen and oxygen atoms in total. The van der Waals surface area contributed by atoms with Crippen LogP contribution < -0.4 is 0 Å². The summed E-state index contributed by atoms with van der Waals surface area (Å²) in [5.74, 6) is 0. The van der Waals surface area contributed by atoms with Crippen LogP contribution in [0.25, 0.3) is 0 Å². The van der Waals surface area contributed by atoms with Gasteiger partial charge in [-0.15, -0.1) is 0 Å². The lowest BCUT2D eigenvalue weighted by atomic mass is 10.1. The monoisotopic (exact) mass is 281 g/mol. The average Bonchev–Trinajstić information content (AvgIpc) is 2.69. The Morgan fingerprint density at radius 3 is 2.55 bits per heavy atom. The van der Waals surface area contributed by atoms with Gasteiger partial charge in [0.1, 0.15) is 5.60 Å². The van der Waals surface area contributed by atoms with Crippen LogP contribution in [-0.4, -0.2) is 32.4 Å². The number of carbonyl (C=O) groups is 1. The van der Waals surface area contributed by atoms with Gasteiger partial charge in [-0.1, -0.05) is 13.8 Å². The zero-order valence-electron chi connectivity index (χ0n) is 13.7. The number of rotatable bonds is 0. The molecule has 2 rings (SSSR count). The third-order valence-corrected chi connectivity index (χ3v) is 3.07. The van der Waals surface area contributed by atoms with E-state index in [0.717, 1.165) is 17.8 Å². The molecule has 20 heavy (non-hydrogen) atoms. The van der Waals surface area contributed by atoms with Gasteiger partial charge in [-0.25, -0.2) is 4.79 Å². The first kappa shape index (κ1) is 16.5. The summed E-state index contributed by atoms with van der Waals surface area (Å²) < 4.78 is 7.41. The van der Waals surface area contributed by atoms with E-state index in [-0.39, 0.29) is 12.1 Å². The molecule has 1 atom stereocenters. The quantitative estimate of drug-likeness (QED) is 0.732. The zero-order valence-corrected chi connectivity index (χ0v) is 13.7. The Morgan fingerprint density at radius 1 is 1.40 bits per heavy atom. The maximum Gasteiger partial charge on any atom is 0.410 e. The second kappa shape index (κ2) is 6.29. The topological polar surface area (TPSA) is 47.4 Å². The number of ether oxygens (including phenoxy) is 1. The van der Waals surface area contributed by atoms with Gasteiger partial charge in [0.05, 0.1) is 31.0 Å². The fourth-order valence-electron chi connectivity index (χ4n) is 2.10. The first-order valence-electron chi connectivity index (χ1n) is 7.29. The van der Waals surface area contributed by atoms with E-state index in [2.05, 4.69) is 5.10 Å². The van der Waals surface area contributed by atoms with Crippen molar-refractivity contribution in [1.82, 2.24) is 14.7 Å². The third-order valence-electron chi connectivity index (χ3n) is 3.07. The third kappa shape index (κ3) is 3.74. The molecule has 0 fully saturated rings. The molecule has 2 heterocycles. The molecule has 0 bridgehead atoms. The Kier molecular flexibility index (Phi) is 5.20. The maximum absolute atomic E-state index is 12.1. The highest BCUT2D eigenvalue weighted by Gasteiger charge is 2.31. The van der Waals surface area contributed by atoms with Crippen molar-refractivity contribution in [2.45, 2.75) is 73.2 Å². The highest BCUT2D eigenvalue weighted by Crippen LogP contribution is 2.22. The molecular weight excluding hydrogens is 254 g/mol. The van der Waals surface area contributed by atoms with E-state index in [4.69, 9.17) is 4.74 Å². The standard InChI is InChI=1S/C13H21N3O2.C2H6/c1-9-6-14-16-7-10(2)15(8-11(9)16)12(17)18-13(3,4)5;1-2/h6,10H,7-8H2,1-5H3;1-2H3/t10-;/m0./s1. The molecule has 0 aliphatic carbocycles. The molecule has 1 aromatic heterocycles. The Labute approximate surface area is 121 Å². The van der Waals surface area contributed by atoms with Crippen LogP contribution in [0.4, 0.5) is 4.79 Å². The lowest BCUT2D eigenvalue weighted by Gasteiger charge is -2.35. The number of hydrogen-bond acceptors (Lipinski definition) is 3. The Hall–Kier alpha value is -1.52. The highest BCUT2D eigenvalue weighted by atomic mass is 16.6. The fourth-order valence-corrected chi connectivity index (χ4v) is 2.10. The minimum absolute atomic E-state index is 0.103. The summed E-state index contributed by atoms with van der Waals surface area (Å²) in [5, 5.41) is 4.31. The number of nitrogens with zero attached hydrogens (tertiary/aromatic N) is 3. The van der Waals surface area contributed by atoms with Gasteiger partial charge in [0, 0.05) is 0 Å². The van der Waals surface area contributed by atoms with Gasteiger partial charge in [0.25, 0.3) is 0 Å². The minimum atomic E-state index is -0.455. The molecule has 0 spiro atoms. The van der Waals surface area contributed by atoms with Gasteiger partial charge >= 0.3 is 6.09 Å². The number of amides is 1. The molecule has 1 aromatic rings. The Balaban J connectivity index is 0.000000956. The van der Waals surface area contributed by atoms with Crippen molar-refractivity contribution < 1.29 is 9.53 Å². The summed E-state index contributed by atoms with van der Waals surface area (Å²) in [5.41, 5.74) is 1.76. The van der Waals surface area contributed by atoms with Gasteiger partial charge < -0.3 is 4.74 Å². The maximum atomic E-state index is 12.1. The summed E-state index contributed by atoms with van der Waals surface area (Å²) >= 11 is 0. The van der Waals surface area contributed by atoms with E-state index in [1.54, 1.807) is 4.90 Å². The summed E-state index contributed by atoms with van der Waals surface area (Å²) in [6.07, 6.45) is 1.60. The van der Waals surface area contributed by atoms with Gasteiger partial charge in [0.15, 0.2) is 0 Å². The number of carbonyl (C=O) groups excluding carboxylic acids is 1. The fraction of sp³-hybridized carbons (Fsp3) is 0.733. The second-order valence-corrected chi connectivity index (χ2v) is 5.91. The van der Waals surface area contributed by atoms with Crippen LogP contribution in [0.3, 0.4) is 0 Å². The first-order chi connectivity index (χ1) is 9.28. The van der Waals surface area contributed by atoms with E-state index in [1.807, 2.05) is 59.3 Å².